The molecule has 0 aromatic heterocycles. The number of benzene rings is 1. The Hall–Kier alpha value is -1.06. The Morgan fingerprint density at radius 3 is 2.59 bits per heavy atom. The van der Waals surface area contributed by atoms with Gasteiger partial charge in [-0.1, -0.05) is 12.1 Å². The second kappa shape index (κ2) is 14.9. The van der Waals surface area contributed by atoms with Crippen LogP contribution in [0.15, 0.2) is 23.2 Å². The highest BCUT2D eigenvalue weighted by atomic mass is 127. The lowest BCUT2D eigenvalue weighted by atomic mass is 10.1. The maximum absolute atomic E-state index is 5.94. The molecular weight excluding hydrogens is 455 g/mol. The van der Waals surface area contributed by atoms with Gasteiger partial charge in [-0.2, -0.15) is 0 Å². The molecule has 1 aromatic carbocycles. The van der Waals surface area contributed by atoms with Gasteiger partial charge in [0, 0.05) is 38.9 Å². The molecule has 0 radical (unpaired) electrons. The summed E-state index contributed by atoms with van der Waals surface area (Å²) in [6.07, 6.45) is 0.147. The minimum Gasteiger partial charge on any atom is -0.491 e. The van der Waals surface area contributed by atoms with E-state index in [-0.39, 0.29) is 30.1 Å². The van der Waals surface area contributed by atoms with Crippen molar-refractivity contribution in [2.75, 3.05) is 46.9 Å². The molecule has 0 unspecified atom stereocenters. The topological polar surface area (TPSA) is 58.1 Å². The largest absolute Gasteiger partial charge is 0.491 e. The molecule has 27 heavy (non-hydrogen) atoms. The minimum atomic E-state index is 0. The van der Waals surface area contributed by atoms with Crippen LogP contribution in [0.25, 0.3) is 0 Å². The van der Waals surface area contributed by atoms with Crippen LogP contribution in [0.3, 0.4) is 0 Å². The van der Waals surface area contributed by atoms with E-state index in [2.05, 4.69) is 54.6 Å². The predicted octanol–water partition coefficient (Wildman–Crippen LogP) is 3.03. The Kier molecular flexibility index (Phi) is 14.3. The fourth-order valence-corrected chi connectivity index (χ4v) is 2.39. The number of halogens is 1. The van der Waals surface area contributed by atoms with Crippen LogP contribution in [0, 0.1) is 6.92 Å². The number of likely N-dealkylation sites (N-methyl/N-ethyl adjacent to an activating group) is 1. The van der Waals surface area contributed by atoms with Gasteiger partial charge in [0.25, 0.3) is 0 Å². The molecule has 0 bridgehead atoms. The summed E-state index contributed by atoms with van der Waals surface area (Å²) in [7, 11) is 3.82. The fourth-order valence-electron chi connectivity index (χ4n) is 2.39. The van der Waals surface area contributed by atoms with Gasteiger partial charge in [-0.05, 0) is 46.4 Å². The van der Waals surface area contributed by atoms with E-state index in [0.29, 0.717) is 6.54 Å². The summed E-state index contributed by atoms with van der Waals surface area (Å²) < 4.78 is 11.0. The quantitative estimate of drug-likeness (QED) is 0.283. The summed E-state index contributed by atoms with van der Waals surface area (Å²) in [5.41, 5.74) is 2.29. The first-order valence-electron chi connectivity index (χ1n) is 9.42. The third-order valence-electron chi connectivity index (χ3n) is 3.80. The third-order valence-corrected chi connectivity index (χ3v) is 3.80. The number of nitrogens with zero attached hydrogens (tertiary/aromatic N) is 2. The van der Waals surface area contributed by atoms with Gasteiger partial charge in [-0.3, -0.25) is 0 Å². The van der Waals surface area contributed by atoms with Gasteiger partial charge < -0.3 is 25.0 Å². The van der Waals surface area contributed by atoms with Crippen molar-refractivity contribution in [2.24, 2.45) is 4.99 Å². The van der Waals surface area contributed by atoms with Crippen molar-refractivity contribution in [2.45, 2.75) is 40.3 Å². The van der Waals surface area contributed by atoms with Gasteiger partial charge in [0.15, 0.2) is 5.96 Å². The highest BCUT2D eigenvalue weighted by molar-refractivity contribution is 14.0. The van der Waals surface area contributed by atoms with Gasteiger partial charge >= 0.3 is 0 Å². The molecule has 0 saturated heterocycles. The number of hydrogen-bond donors (Lipinski definition) is 2. The summed E-state index contributed by atoms with van der Waals surface area (Å²) >= 11 is 0. The molecule has 0 amide bonds. The van der Waals surface area contributed by atoms with Crippen molar-refractivity contribution in [3.8, 4) is 5.75 Å². The van der Waals surface area contributed by atoms with Gasteiger partial charge in [-0.15, -0.1) is 24.0 Å². The molecule has 0 aliphatic rings. The maximum atomic E-state index is 5.94. The summed E-state index contributed by atoms with van der Waals surface area (Å²) in [5, 5.41) is 6.68. The molecule has 0 saturated carbocycles. The van der Waals surface area contributed by atoms with E-state index in [0.717, 1.165) is 50.1 Å². The highest BCUT2D eigenvalue weighted by Gasteiger charge is 2.07. The van der Waals surface area contributed by atoms with Crippen molar-refractivity contribution < 1.29 is 9.47 Å². The zero-order valence-electron chi connectivity index (χ0n) is 17.7. The zero-order valence-corrected chi connectivity index (χ0v) is 20.0. The van der Waals surface area contributed by atoms with Crippen LogP contribution in [0.1, 0.15) is 31.9 Å². The van der Waals surface area contributed by atoms with Crippen LogP contribution >= 0.6 is 24.0 Å². The predicted molar refractivity (Wildman–Crippen MR) is 125 cm³/mol. The van der Waals surface area contributed by atoms with Gasteiger partial charge in [0.2, 0.25) is 0 Å². The van der Waals surface area contributed by atoms with E-state index in [1.54, 1.807) is 7.11 Å². The van der Waals surface area contributed by atoms with E-state index in [1.807, 2.05) is 13.8 Å². The number of nitrogens with one attached hydrogen (secondary N) is 2. The lowest BCUT2D eigenvalue weighted by Crippen LogP contribution is -2.41. The summed E-state index contributed by atoms with van der Waals surface area (Å²) in [5.74, 6) is 1.74. The van der Waals surface area contributed by atoms with Crippen LogP contribution in [0.5, 0.6) is 5.75 Å². The second-order valence-electron chi connectivity index (χ2n) is 6.70. The minimum absolute atomic E-state index is 0. The first-order valence-corrected chi connectivity index (χ1v) is 9.42. The first kappa shape index (κ1) is 25.9. The van der Waals surface area contributed by atoms with Crippen molar-refractivity contribution >= 4 is 29.9 Å². The Bertz CT molecular complexity index is 553. The monoisotopic (exact) mass is 492 g/mol. The Labute approximate surface area is 182 Å². The Balaban J connectivity index is 0.00000676. The molecule has 1 rings (SSSR count). The maximum Gasteiger partial charge on any atom is 0.191 e. The SMILES string of the molecule is CCNC(=NCc1ccc(C)cc1OC(C)C)NCCN(C)CCOC.I. The molecule has 6 nitrogen and oxygen atoms in total. The summed E-state index contributed by atoms with van der Waals surface area (Å²) in [6.45, 7) is 13.1. The van der Waals surface area contributed by atoms with Gasteiger partial charge in [0.1, 0.15) is 5.75 Å². The number of rotatable bonds is 11. The van der Waals surface area contributed by atoms with E-state index in [1.165, 1.54) is 5.56 Å². The normalized spacial score (nSPS) is 11.5. The number of guanidine groups is 1. The van der Waals surface area contributed by atoms with E-state index in [9.17, 15) is 0 Å². The Morgan fingerprint density at radius 2 is 1.96 bits per heavy atom. The van der Waals surface area contributed by atoms with Crippen molar-refractivity contribution in [1.82, 2.24) is 15.5 Å². The first-order chi connectivity index (χ1) is 12.5. The van der Waals surface area contributed by atoms with E-state index < -0.39 is 0 Å². The summed E-state index contributed by atoms with van der Waals surface area (Å²) in [6, 6.07) is 6.28. The van der Waals surface area contributed by atoms with E-state index in [4.69, 9.17) is 14.5 Å². The van der Waals surface area contributed by atoms with Gasteiger partial charge in [0.05, 0.1) is 19.3 Å². The number of ether oxygens (including phenoxy) is 2. The lowest BCUT2D eigenvalue weighted by Gasteiger charge is -2.18. The zero-order chi connectivity index (χ0) is 19.4. The van der Waals surface area contributed by atoms with E-state index >= 15 is 0 Å². The molecule has 0 heterocycles. The van der Waals surface area contributed by atoms with Crippen LogP contribution in [0.2, 0.25) is 0 Å². The Morgan fingerprint density at radius 1 is 1.22 bits per heavy atom. The van der Waals surface area contributed by atoms with Crippen LogP contribution < -0.4 is 15.4 Å². The molecule has 0 aliphatic heterocycles. The highest BCUT2D eigenvalue weighted by Crippen LogP contribution is 2.22. The van der Waals surface area contributed by atoms with Gasteiger partial charge in [-0.25, -0.2) is 4.99 Å². The third kappa shape index (κ3) is 11.4. The van der Waals surface area contributed by atoms with Crippen LogP contribution in [0.4, 0.5) is 0 Å². The number of hydrogen-bond acceptors (Lipinski definition) is 4. The standard InChI is InChI=1S/C20H36N4O2.HI/c1-7-21-20(22-10-11-24(5)12-13-25-6)23-15-18-9-8-17(4)14-19(18)26-16(2)3;/h8-9,14,16H,7,10-13,15H2,1-6H3,(H2,21,22,23);1H. The number of methoxy groups -OCH3 is 1. The molecular formula is C20H37IN4O2. The summed E-state index contributed by atoms with van der Waals surface area (Å²) in [4.78, 5) is 6.94. The van der Waals surface area contributed by atoms with Crippen molar-refractivity contribution in [1.29, 1.82) is 0 Å². The fraction of sp³-hybridized carbons (Fsp3) is 0.650. The number of aryl methyl sites for hydroxylation is 1. The molecule has 0 atom stereocenters. The molecule has 2 N–H and O–H groups in total. The van der Waals surface area contributed by atoms with Crippen molar-refractivity contribution in [3.05, 3.63) is 29.3 Å². The van der Waals surface area contributed by atoms with Crippen LogP contribution in [-0.4, -0.2) is 63.9 Å². The smallest absolute Gasteiger partial charge is 0.191 e. The molecule has 0 aliphatic carbocycles. The average molecular weight is 492 g/mol. The average Bonchev–Trinajstić information content (AvgIpc) is 2.58. The van der Waals surface area contributed by atoms with Crippen molar-refractivity contribution in [3.63, 3.8) is 0 Å². The lowest BCUT2D eigenvalue weighted by molar-refractivity contribution is 0.162. The number of aliphatic imine (C=N–C) groups is 1. The molecule has 156 valence electrons. The molecule has 1 aromatic rings. The second-order valence-corrected chi connectivity index (χ2v) is 6.70. The van der Waals surface area contributed by atoms with Crippen LogP contribution in [-0.2, 0) is 11.3 Å². The molecule has 7 heteroatoms. The molecule has 0 fully saturated rings. The molecule has 0 spiro atoms.